The summed E-state index contributed by atoms with van der Waals surface area (Å²) in [4.78, 5) is 28.6. The van der Waals surface area contributed by atoms with Gasteiger partial charge in [-0.3, -0.25) is 14.5 Å². The molecule has 1 N–H and O–H groups in total. The Bertz CT molecular complexity index is 556. The Morgan fingerprint density at radius 1 is 1.23 bits per heavy atom. The van der Waals surface area contributed by atoms with Crippen molar-refractivity contribution in [2.75, 3.05) is 26.2 Å². The Morgan fingerprint density at radius 3 is 2.45 bits per heavy atom. The first-order valence-corrected chi connectivity index (χ1v) is 8.01. The Balaban J connectivity index is 1.52. The highest BCUT2D eigenvalue weighted by Gasteiger charge is 2.31. The van der Waals surface area contributed by atoms with Gasteiger partial charge in [0.2, 0.25) is 5.91 Å². The fourth-order valence-corrected chi connectivity index (χ4v) is 2.87. The van der Waals surface area contributed by atoms with Crippen molar-refractivity contribution in [3.05, 3.63) is 24.0 Å². The summed E-state index contributed by atoms with van der Waals surface area (Å²) in [5.74, 6) is 0.187. The van der Waals surface area contributed by atoms with Gasteiger partial charge in [-0.15, -0.1) is 0 Å². The van der Waals surface area contributed by atoms with Crippen LogP contribution in [0.1, 0.15) is 30.3 Å². The molecule has 1 unspecified atom stereocenters. The van der Waals surface area contributed by atoms with Crippen molar-refractivity contribution in [3.63, 3.8) is 0 Å². The van der Waals surface area contributed by atoms with Crippen molar-refractivity contribution >= 4 is 11.8 Å². The van der Waals surface area contributed by atoms with Crippen LogP contribution in [-0.2, 0) is 11.8 Å². The number of rotatable bonds is 4. The molecule has 120 valence electrons. The van der Waals surface area contributed by atoms with Crippen LogP contribution >= 0.6 is 0 Å². The minimum Gasteiger partial charge on any atom is -0.352 e. The smallest absolute Gasteiger partial charge is 0.270 e. The van der Waals surface area contributed by atoms with Gasteiger partial charge in [0.15, 0.2) is 0 Å². The average molecular weight is 304 g/mol. The van der Waals surface area contributed by atoms with Crippen LogP contribution in [-0.4, -0.2) is 64.4 Å². The van der Waals surface area contributed by atoms with Gasteiger partial charge in [-0.05, 0) is 31.9 Å². The third-order valence-corrected chi connectivity index (χ3v) is 4.62. The Labute approximate surface area is 131 Å². The zero-order valence-corrected chi connectivity index (χ0v) is 13.3. The van der Waals surface area contributed by atoms with Gasteiger partial charge in [-0.2, -0.15) is 0 Å². The molecule has 1 saturated heterocycles. The molecule has 1 saturated carbocycles. The van der Waals surface area contributed by atoms with E-state index in [0.717, 1.165) is 25.9 Å². The molecule has 22 heavy (non-hydrogen) atoms. The number of piperazine rings is 1. The SMILES string of the molecule is CC(C(=O)NC1CC1)N1CCN(C(=O)c2cccn2C)CC1. The summed E-state index contributed by atoms with van der Waals surface area (Å²) >= 11 is 0. The average Bonchev–Trinajstić information content (AvgIpc) is 3.24. The molecule has 1 aliphatic carbocycles. The second-order valence-corrected chi connectivity index (χ2v) is 6.29. The molecular formula is C16H24N4O2. The van der Waals surface area contributed by atoms with Crippen LogP contribution in [0.5, 0.6) is 0 Å². The summed E-state index contributed by atoms with van der Waals surface area (Å²) in [6.07, 6.45) is 4.10. The van der Waals surface area contributed by atoms with E-state index >= 15 is 0 Å². The lowest BCUT2D eigenvalue weighted by atomic mass is 10.2. The number of aryl methyl sites for hydroxylation is 1. The van der Waals surface area contributed by atoms with E-state index in [-0.39, 0.29) is 17.9 Å². The van der Waals surface area contributed by atoms with Gasteiger partial charge in [0.1, 0.15) is 5.69 Å². The second kappa shape index (κ2) is 6.12. The third-order valence-electron chi connectivity index (χ3n) is 4.62. The Hall–Kier alpha value is -1.82. The highest BCUT2D eigenvalue weighted by molar-refractivity contribution is 5.92. The predicted octanol–water partition coefficient (Wildman–Crippen LogP) is 0.450. The first-order chi connectivity index (χ1) is 10.6. The quantitative estimate of drug-likeness (QED) is 0.879. The fraction of sp³-hybridized carbons (Fsp3) is 0.625. The molecule has 6 heteroatoms. The van der Waals surface area contributed by atoms with Gasteiger partial charge in [-0.1, -0.05) is 0 Å². The maximum absolute atomic E-state index is 12.5. The molecule has 1 atom stereocenters. The highest BCUT2D eigenvalue weighted by Crippen LogP contribution is 2.19. The molecule has 2 heterocycles. The summed E-state index contributed by atoms with van der Waals surface area (Å²) in [6, 6.07) is 4.01. The van der Waals surface area contributed by atoms with Crippen LogP contribution in [0.2, 0.25) is 0 Å². The van der Waals surface area contributed by atoms with Crippen molar-refractivity contribution in [1.82, 2.24) is 19.7 Å². The molecule has 0 spiro atoms. The number of carbonyl (C=O) groups excluding carboxylic acids is 2. The molecule has 2 amide bonds. The van der Waals surface area contributed by atoms with E-state index in [0.29, 0.717) is 24.8 Å². The summed E-state index contributed by atoms with van der Waals surface area (Å²) < 4.78 is 1.85. The molecule has 2 fully saturated rings. The van der Waals surface area contributed by atoms with Gasteiger partial charge >= 0.3 is 0 Å². The third kappa shape index (κ3) is 3.16. The lowest BCUT2D eigenvalue weighted by Crippen LogP contribution is -2.55. The van der Waals surface area contributed by atoms with E-state index < -0.39 is 0 Å². The number of nitrogens with one attached hydrogen (secondary N) is 1. The van der Waals surface area contributed by atoms with Crippen molar-refractivity contribution in [2.24, 2.45) is 7.05 Å². The van der Waals surface area contributed by atoms with Gasteiger partial charge in [0, 0.05) is 45.5 Å². The molecule has 0 radical (unpaired) electrons. The van der Waals surface area contributed by atoms with Crippen molar-refractivity contribution < 1.29 is 9.59 Å². The van der Waals surface area contributed by atoms with E-state index in [1.165, 1.54) is 0 Å². The monoisotopic (exact) mass is 304 g/mol. The van der Waals surface area contributed by atoms with Crippen LogP contribution in [0.4, 0.5) is 0 Å². The zero-order valence-electron chi connectivity index (χ0n) is 13.3. The minimum atomic E-state index is -0.118. The van der Waals surface area contributed by atoms with E-state index in [9.17, 15) is 9.59 Å². The molecule has 1 aromatic heterocycles. The lowest BCUT2D eigenvalue weighted by Gasteiger charge is -2.37. The zero-order chi connectivity index (χ0) is 15.7. The Morgan fingerprint density at radius 2 is 1.91 bits per heavy atom. The van der Waals surface area contributed by atoms with Crippen molar-refractivity contribution in [3.8, 4) is 0 Å². The van der Waals surface area contributed by atoms with Gasteiger partial charge < -0.3 is 14.8 Å². The van der Waals surface area contributed by atoms with E-state index in [1.807, 2.05) is 41.8 Å². The van der Waals surface area contributed by atoms with Crippen molar-refractivity contribution in [1.29, 1.82) is 0 Å². The lowest BCUT2D eigenvalue weighted by molar-refractivity contribution is -0.126. The van der Waals surface area contributed by atoms with Crippen LogP contribution in [0.25, 0.3) is 0 Å². The Kier molecular flexibility index (Phi) is 4.20. The molecule has 6 nitrogen and oxygen atoms in total. The number of amides is 2. The fourth-order valence-electron chi connectivity index (χ4n) is 2.87. The van der Waals surface area contributed by atoms with Crippen LogP contribution < -0.4 is 5.32 Å². The molecule has 0 bridgehead atoms. The minimum absolute atomic E-state index is 0.0715. The molecular weight excluding hydrogens is 280 g/mol. The number of hydrogen-bond acceptors (Lipinski definition) is 3. The summed E-state index contributed by atoms with van der Waals surface area (Å²) in [5.41, 5.74) is 0.716. The van der Waals surface area contributed by atoms with Crippen LogP contribution in [0.3, 0.4) is 0 Å². The van der Waals surface area contributed by atoms with E-state index in [2.05, 4.69) is 10.2 Å². The van der Waals surface area contributed by atoms with Crippen LogP contribution in [0, 0.1) is 0 Å². The van der Waals surface area contributed by atoms with Crippen molar-refractivity contribution in [2.45, 2.75) is 31.8 Å². The first kappa shape index (κ1) is 15.1. The topological polar surface area (TPSA) is 57.6 Å². The second-order valence-electron chi connectivity index (χ2n) is 6.29. The number of nitrogens with zero attached hydrogens (tertiary/aromatic N) is 3. The number of carbonyl (C=O) groups is 2. The van der Waals surface area contributed by atoms with Gasteiger partial charge in [0.05, 0.1) is 6.04 Å². The molecule has 3 rings (SSSR count). The normalized spacial score (nSPS) is 20.7. The standard InChI is InChI=1S/C16H24N4O2/c1-12(15(21)17-13-5-6-13)19-8-10-20(11-9-19)16(22)14-4-3-7-18(14)2/h3-4,7,12-13H,5-6,8-11H2,1-2H3,(H,17,21). The van der Waals surface area contributed by atoms with Crippen LogP contribution in [0.15, 0.2) is 18.3 Å². The maximum Gasteiger partial charge on any atom is 0.270 e. The molecule has 1 aliphatic heterocycles. The summed E-state index contributed by atoms with van der Waals surface area (Å²) in [7, 11) is 1.88. The predicted molar refractivity (Wildman–Crippen MR) is 83.5 cm³/mol. The van der Waals surface area contributed by atoms with Gasteiger partial charge in [0.25, 0.3) is 5.91 Å². The highest BCUT2D eigenvalue weighted by atomic mass is 16.2. The maximum atomic E-state index is 12.5. The largest absolute Gasteiger partial charge is 0.352 e. The molecule has 2 aliphatic rings. The molecule has 0 aromatic carbocycles. The number of aromatic nitrogens is 1. The first-order valence-electron chi connectivity index (χ1n) is 8.01. The summed E-state index contributed by atoms with van der Waals surface area (Å²) in [6.45, 7) is 4.79. The van der Waals surface area contributed by atoms with E-state index in [4.69, 9.17) is 0 Å². The number of hydrogen-bond donors (Lipinski definition) is 1. The van der Waals surface area contributed by atoms with E-state index in [1.54, 1.807) is 0 Å². The van der Waals surface area contributed by atoms with Gasteiger partial charge in [-0.25, -0.2) is 0 Å². The molecule has 1 aromatic rings. The summed E-state index contributed by atoms with van der Waals surface area (Å²) in [5, 5.41) is 3.05.